The lowest BCUT2D eigenvalue weighted by Gasteiger charge is -2.41. The number of hydrogen-bond donors (Lipinski definition) is 2. The van der Waals surface area contributed by atoms with Crippen LogP contribution in [0.4, 0.5) is 10.5 Å². The van der Waals surface area contributed by atoms with Gasteiger partial charge in [0.05, 0.1) is 6.61 Å². The van der Waals surface area contributed by atoms with Crippen LogP contribution in [-0.2, 0) is 20.9 Å². The maximum Gasteiger partial charge on any atom is 0.322 e. The zero-order chi connectivity index (χ0) is 25.2. The average molecular weight is 481 g/mol. The second kappa shape index (κ2) is 12.9. The van der Waals surface area contributed by atoms with Gasteiger partial charge in [-0.15, -0.1) is 0 Å². The van der Waals surface area contributed by atoms with Crippen molar-refractivity contribution in [2.75, 3.05) is 31.6 Å². The predicted octanol–water partition coefficient (Wildman–Crippen LogP) is 3.50. The van der Waals surface area contributed by atoms with E-state index in [1.165, 1.54) is 0 Å². The first-order chi connectivity index (χ1) is 16.9. The van der Waals surface area contributed by atoms with Gasteiger partial charge in [0, 0.05) is 31.4 Å². The van der Waals surface area contributed by atoms with Gasteiger partial charge in [-0.3, -0.25) is 9.59 Å². The Labute approximate surface area is 207 Å². The van der Waals surface area contributed by atoms with Crippen molar-refractivity contribution in [1.29, 1.82) is 0 Å². The van der Waals surface area contributed by atoms with Crippen molar-refractivity contribution in [3.8, 4) is 0 Å². The largest absolute Gasteiger partial charge is 0.367 e. The fourth-order valence-electron chi connectivity index (χ4n) is 4.11. The molecule has 2 N–H and O–H groups in total. The van der Waals surface area contributed by atoms with Gasteiger partial charge in [0.15, 0.2) is 0 Å². The monoisotopic (exact) mass is 480 g/mol. The van der Waals surface area contributed by atoms with Crippen LogP contribution in [-0.4, -0.2) is 66.0 Å². The number of benzene rings is 2. The highest BCUT2D eigenvalue weighted by molar-refractivity contribution is 5.90. The van der Waals surface area contributed by atoms with Crippen molar-refractivity contribution in [2.45, 2.75) is 45.9 Å². The van der Waals surface area contributed by atoms with Gasteiger partial charge >= 0.3 is 6.03 Å². The van der Waals surface area contributed by atoms with Gasteiger partial charge in [0.1, 0.15) is 12.6 Å². The molecule has 2 aromatic carbocycles. The first-order valence-corrected chi connectivity index (χ1v) is 12.2. The number of anilines is 1. The van der Waals surface area contributed by atoms with Crippen LogP contribution in [0, 0.1) is 5.92 Å². The summed E-state index contributed by atoms with van der Waals surface area (Å²) in [6.07, 6.45) is 0.747. The summed E-state index contributed by atoms with van der Waals surface area (Å²) in [7, 11) is 0. The fraction of sp³-hybridized carbons (Fsp3) is 0.444. The minimum Gasteiger partial charge on any atom is -0.367 e. The molecule has 0 bridgehead atoms. The van der Waals surface area contributed by atoms with Crippen molar-refractivity contribution in [1.82, 2.24) is 15.1 Å². The normalized spacial score (nSPS) is 17.4. The SMILES string of the molecule is CCC(C)C(NC(=O)COCc1ccccc1)C(=O)N1CCN(C(=O)Nc2ccccc2)C(C)C1. The lowest BCUT2D eigenvalue weighted by atomic mass is 9.97. The van der Waals surface area contributed by atoms with Crippen molar-refractivity contribution in [3.05, 3.63) is 66.2 Å². The molecular formula is C27H36N4O4. The van der Waals surface area contributed by atoms with Crippen LogP contribution >= 0.6 is 0 Å². The highest BCUT2D eigenvalue weighted by Gasteiger charge is 2.35. The standard InChI is InChI=1S/C27H36N4O4/c1-4-20(2)25(29-24(32)19-35-18-22-11-7-5-8-12-22)26(33)30-15-16-31(21(3)17-30)27(34)28-23-13-9-6-10-14-23/h5-14,20-21,25H,4,15-19H2,1-3H3,(H,28,34)(H,29,32). The summed E-state index contributed by atoms with van der Waals surface area (Å²) in [6, 6.07) is 18.0. The van der Waals surface area contributed by atoms with E-state index >= 15 is 0 Å². The molecule has 188 valence electrons. The van der Waals surface area contributed by atoms with Crippen molar-refractivity contribution >= 4 is 23.5 Å². The molecule has 8 nitrogen and oxygen atoms in total. The lowest BCUT2D eigenvalue weighted by Crippen LogP contribution is -2.60. The molecule has 0 spiro atoms. The number of amides is 4. The van der Waals surface area contributed by atoms with Crippen LogP contribution in [0.1, 0.15) is 32.8 Å². The van der Waals surface area contributed by atoms with E-state index in [1.807, 2.05) is 81.4 Å². The van der Waals surface area contributed by atoms with E-state index in [0.717, 1.165) is 17.7 Å². The lowest BCUT2D eigenvalue weighted by molar-refractivity contribution is -0.141. The van der Waals surface area contributed by atoms with Crippen molar-refractivity contribution < 1.29 is 19.1 Å². The fourth-order valence-corrected chi connectivity index (χ4v) is 4.11. The van der Waals surface area contributed by atoms with Gasteiger partial charge in [-0.25, -0.2) is 4.79 Å². The molecule has 1 heterocycles. The van der Waals surface area contributed by atoms with Crippen molar-refractivity contribution in [2.24, 2.45) is 5.92 Å². The molecule has 3 atom stereocenters. The van der Waals surface area contributed by atoms with Crippen LogP contribution < -0.4 is 10.6 Å². The van der Waals surface area contributed by atoms with Crippen LogP contribution in [0.25, 0.3) is 0 Å². The highest BCUT2D eigenvalue weighted by Crippen LogP contribution is 2.17. The minimum atomic E-state index is -0.635. The van der Waals surface area contributed by atoms with Crippen LogP contribution in [0.15, 0.2) is 60.7 Å². The van der Waals surface area contributed by atoms with Gasteiger partial charge in [0.2, 0.25) is 11.8 Å². The number of urea groups is 1. The molecule has 2 aromatic rings. The maximum atomic E-state index is 13.4. The number of para-hydroxylation sites is 1. The summed E-state index contributed by atoms with van der Waals surface area (Å²) >= 11 is 0. The van der Waals surface area contributed by atoms with Crippen LogP contribution in [0.5, 0.6) is 0 Å². The minimum absolute atomic E-state index is 0.0321. The summed E-state index contributed by atoms with van der Waals surface area (Å²) < 4.78 is 5.54. The first kappa shape index (κ1) is 26.2. The number of piperazine rings is 1. The molecule has 8 heteroatoms. The van der Waals surface area contributed by atoms with Crippen LogP contribution in [0.3, 0.4) is 0 Å². The number of nitrogens with zero attached hydrogens (tertiary/aromatic N) is 2. The van der Waals surface area contributed by atoms with E-state index in [2.05, 4.69) is 10.6 Å². The molecule has 0 aliphatic carbocycles. The molecule has 35 heavy (non-hydrogen) atoms. The van der Waals surface area contributed by atoms with Gasteiger partial charge in [0.25, 0.3) is 0 Å². The molecule has 1 saturated heterocycles. The Morgan fingerprint density at radius 1 is 1.03 bits per heavy atom. The second-order valence-corrected chi connectivity index (χ2v) is 9.03. The molecule has 1 aliphatic heterocycles. The topological polar surface area (TPSA) is 91.0 Å². The Morgan fingerprint density at radius 3 is 2.31 bits per heavy atom. The first-order valence-electron chi connectivity index (χ1n) is 12.2. The van der Waals surface area contributed by atoms with E-state index in [0.29, 0.717) is 26.2 Å². The summed E-state index contributed by atoms with van der Waals surface area (Å²) in [4.78, 5) is 42.2. The summed E-state index contributed by atoms with van der Waals surface area (Å²) in [5, 5.41) is 5.79. The van der Waals surface area contributed by atoms with E-state index in [4.69, 9.17) is 4.74 Å². The molecule has 0 aromatic heterocycles. The maximum absolute atomic E-state index is 13.4. The predicted molar refractivity (Wildman–Crippen MR) is 136 cm³/mol. The summed E-state index contributed by atoms with van der Waals surface area (Å²) in [6.45, 7) is 7.36. The van der Waals surface area contributed by atoms with Gasteiger partial charge < -0.3 is 25.2 Å². The highest BCUT2D eigenvalue weighted by atomic mass is 16.5. The zero-order valence-electron chi connectivity index (χ0n) is 20.8. The molecule has 0 saturated carbocycles. The van der Waals surface area contributed by atoms with Gasteiger partial charge in [-0.05, 0) is 30.5 Å². The van der Waals surface area contributed by atoms with E-state index in [-0.39, 0.29) is 36.4 Å². The number of carbonyl (C=O) groups excluding carboxylic acids is 3. The molecule has 3 rings (SSSR count). The Hall–Kier alpha value is -3.39. The number of hydrogen-bond acceptors (Lipinski definition) is 4. The molecule has 4 amide bonds. The number of ether oxygens (including phenoxy) is 1. The molecule has 1 fully saturated rings. The Bertz CT molecular complexity index is 970. The van der Waals surface area contributed by atoms with Gasteiger partial charge in [-0.1, -0.05) is 68.8 Å². The third-order valence-electron chi connectivity index (χ3n) is 6.37. The second-order valence-electron chi connectivity index (χ2n) is 9.03. The third-order valence-corrected chi connectivity index (χ3v) is 6.37. The van der Waals surface area contributed by atoms with Crippen molar-refractivity contribution in [3.63, 3.8) is 0 Å². The average Bonchev–Trinajstić information content (AvgIpc) is 2.87. The quantitative estimate of drug-likeness (QED) is 0.575. The summed E-state index contributed by atoms with van der Waals surface area (Å²) in [5.41, 5.74) is 1.72. The number of rotatable bonds is 9. The third kappa shape index (κ3) is 7.55. The van der Waals surface area contributed by atoms with Crippen LogP contribution in [0.2, 0.25) is 0 Å². The molecule has 3 unspecified atom stereocenters. The van der Waals surface area contributed by atoms with E-state index in [9.17, 15) is 14.4 Å². The Balaban J connectivity index is 1.53. The molecule has 1 aliphatic rings. The van der Waals surface area contributed by atoms with E-state index in [1.54, 1.807) is 9.80 Å². The van der Waals surface area contributed by atoms with E-state index < -0.39 is 6.04 Å². The summed E-state index contributed by atoms with van der Waals surface area (Å²) in [5.74, 6) is -0.463. The smallest absolute Gasteiger partial charge is 0.322 e. The Morgan fingerprint density at radius 2 is 1.69 bits per heavy atom. The molecular weight excluding hydrogens is 444 g/mol. The number of nitrogens with one attached hydrogen (secondary N) is 2. The number of carbonyl (C=O) groups is 3. The Kier molecular flexibility index (Phi) is 9.66. The zero-order valence-corrected chi connectivity index (χ0v) is 20.8. The van der Waals surface area contributed by atoms with Gasteiger partial charge in [-0.2, -0.15) is 0 Å². The molecule has 0 radical (unpaired) electrons.